The van der Waals surface area contributed by atoms with Gasteiger partial charge in [0, 0.05) is 5.69 Å². The number of anilines is 1. The zero-order valence-electron chi connectivity index (χ0n) is 11.9. The summed E-state index contributed by atoms with van der Waals surface area (Å²) in [5.74, 6) is -0.0110. The van der Waals surface area contributed by atoms with Crippen LogP contribution in [0.5, 0.6) is 0 Å². The Morgan fingerprint density at radius 3 is 2.67 bits per heavy atom. The average molecular weight is 279 g/mol. The van der Waals surface area contributed by atoms with E-state index in [0.29, 0.717) is 0 Å². The molecule has 0 spiro atoms. The Balaban J connectivity index is 1.72. The van der Waals surface area contributed by atoms with E-state index in [4.69, 9.17) is 4.74 Å². The third-order valence-electron chi connectivity index (χ3n) is 4.38. The SMILES string of the molecule is CC1(CC2C(=O)Nc3ccc(-c4ccccc4)cc32)CO1. The molecular formula is C18H17NO2. The lowest BCUT2D eigenvalue weighted by Crippen LogP contribution is -2.18. The summed E-state index contributed by atoms with van der Waals surface area (Å²) in [6.45, 7) is 2.82. The van der Waals surface area contributed by atoms with Crippen molar-refractivity contribution in [2.45, 2.75) is 24.9 Å². The van der Waals surface area contributed by atoms with E-state index in [1.54, 1.807) is 0 Å². The fourth-order valence-corrected chi connectivity index (χ4v) is 3.01. The van der Waals surface area contributed by atoms with Gasteiger partial charge in [0.15, 0.2) is 0 Å². The minimum atomic E-state index is -0.119. The Kier molecular flexibility index (Phi) is 2.66. The Morgan fingerprint density at radius 2 is 1.95 bits per heavy atom. The van der Waals surface area contributed by atoms with E-state index in [1.165, 1.54) is 5.56 Å². The normalized spacial score (nSPS) is 26.3. The molecule has 1 N–H and O–H groups in total. The first-order valence-electron chi connectivity index (χ1n) is 7.29. The molecule has 1 amide bonds. The van der Waals surface area contributed by atoms with Crippen molar-refractivity contribution < 1.29 is 9.53 Å². The highest BCUT2D eigenvalue weighted by Crippen LogP contribution is 2.43. The van der Waals surface area contributed by atoms with E-state index in [9.17, 15) is 4.79 Å². The largest absolute Gasteiger partial charge is 0.370 e. The summed E-state index contributed by atoms with van der Waals surface area (Å²) < 4.78 is 5.46. The quantitative estimate of drug-likeness (QED) is 0.873. The van der Waals surface area contributed by atoms with Gasteiger partial charge < -0.3 is 10.1 Å². The molecule has 0 aromatic heterocycles. The molecule has 2 aliphatic heterocycles. The number of benzene rings is 2. The van der Waals surface area contributed by atoms with Crippen LogP contribution in [0, 0.1) is 0 Å². The third-order valence-corrected chi connectivity index (χ3v) is 4.38. The smallest absolute Gasteiger partial charge is 0.232 e. The lowest BCUT2D eigenvalue weighted by molar-refractivity contribution is -0.117. The molecule has 2 aromatic rings. The minimum Gasteiger partial charge on any atom is -0.370 e. The zero-order valence-corrected chi connectivity index (χ0v) is 11.9. The van der Waals surface area contributed by atoms with Crippen LogP contribution < -0.4 is 5.32 Å². The van der Waals surface area contributed by atoms with E-state index in [0.717, 1.165) is 29.8 Å². The van der Waals surface area contributed by atoms with Crippen LogP contribution in [-0.2, 0) is 9.53 Å². The van der Waals surface area contributed by atoms with Crippen molar-refractivity contribution in [1.29, 1.82) is 0 Å². The molecule has 0 saturated carbocycles. The fourth-order valence-electron chi connectivity index (χ4n) is 3.01. The van der Waals surface area contributed by atoms with Gasteiger partial charge in [0.1, 0.15) is 0 Å². The molecule has 2 unspecified atom stereocenters. The van der Waals surface area contributed by atoms with Crippen LogP contribution in [0.15, 0.2) is 48.5 Å². The number of carbonyl (C=O) groups is 1. The maximum absolute atomic E-state index is 12.2. The number of amides is 1. The molecule has 2 aliphatic rings. The van der Waals surface area contributed by atoms with Gasteiger partial charge in [0.05, 0.1) is 18.1 Å². The molecule has 21 heavy (non-hydrogen) atoms. The Labute approximate surface area is 123 Å². The van der Waals surface area contributed by atoms with Crippen molar-refractivity contribution in [2.24, 2.45) is 0 Å². The van der Waals surface area contributed by atoms with Crippen LogP contribution >= 0.6 is 0 Å². The molecule has 1 saturated heterocycles. The average Bonchev–Trinajstić information content (AvgIpc) is 3.16. The molecule has 2 heterocycles. The molecular weight excluding hydrogens is 262 g/mol. The van der Waals surface area contributed by atoms with E-state index >= 15 is 0 Å². The van der Waals surface area contributed by atoms with E-state index < -0.39 is 0 Å². The van der Waals surface area contributed by atoms with Gasteiger partial charge in [-0.2, -0.15) is 0 Å². The first-order valence-corrected chi connectivity index (χ1v) is 7.29. The van der Waals surface area contributed by atoms with Crippen molar-refractivity contribution in [2.75, 3.05) is 11.9 Å². The van der Waals surface area contributed by atoms with Crippen molar-refractivity contribution in [1.82, 2.24) is 0 Å². The topological polar surface area (TPSA) is 41.6 Å². The number of carbonyl (C=O) groups excluding carboxylic acids is 1. The van der Waals surface area contributed by atoms with Crippen molar-refractivity contribution in [3.05, 3.63) is 54.1 Å². The van der Waals surface area contributed by atoms with Crippen molar-refractivity contribution in [3.8, 4) is 11.1 Å². The first-order chi connectivity index (χ1) is 10.1. The zero-order chi connectivity index (χ0) is 14.4. The number of hydrogen-bond donors (Lipinski definition) is 1. The highest BCUT2D eigenvalue weighted by Gasteiger charge is 2.45. The number of fused-ring (bicyclic) bond motifs is 1. The summed E-state index contributed by atoms with van der Waals surface area (Å²) in [6, 6.07) is 16.5. The molecule has 0 radical (unpaired) electrons. The highest BCUT2D eigenvalue weighted by atomic mass is 16.6. The Morgan fingerprint density at radius 1 is 1.19 bits per heavy atom. The monoisotopic (exact) mass is 279 g/mol. The molecule has 0 bridgehead atoms. The molecule has 4 rings (SSSR count). The van der Waals surface area contributed by atoms with Crippen LogP contribution in [0.2, 0.25) is 0 Å². The molecule has 2 atom stereocenters. The molecule has 1 fully saturated rings. The number of epoxide rings is 1. The predicted molar refractivity (Wildman–Crippen MR) is 82.2 cm³/mol. The second-order valence-electron chi connectivity index (χ2n) is 6.15. The highest BCUT2D eigenvalue weighted by molar-refractivity contribution is 6.03. The van der Waals surface area contributed by atoms with E-state index in [1.807, 2.05) is 24.3 Å². The van der Waals surface area contributed by atoms with Gasteiger partial charge in [-0.25, -0.2) is 0 Å². The van der Waals surface area contributed by atoms with Gasteiger partial charge in [-0.15, -0.1) is 0 Å². The van der Waals surface area contributed by atoms with E-state index in [-0.39, 0.29) is 17.4 Å². The maximum atomic E-state index is 12.2. The number of rotatable bonds is 3. The van der Waals surface area contributed by atoms with Gasteiger partial charge in [0.2, 0.25) is 5.91 Å². The second kappa shape index (κ2) is 4.43. The summed E-state index contributed by atoms with van der Waals surface area (Å²) >= 11 is 0. The van der Waals surface area contributed by atoms with Crippen LogP contribution in [-0.4, -0.2) is 18.1 Å². The van der Waals surface area contributed by atoms with Crippen molar-refractivity contribution in [3.63, 3.8) is 0 Å². The predicted octanol–water partition coefficient (Wildman–Crippen LogP) is 3.57. The van der Waals surface area contributed by atoms with Gasteiger partial charge in [-0.1, -0.05) is 36.4 Å². The fraction of sp³-hybridized carbons (Fsp3) is 0.278. The molecule has 0 aliphatic carbocycles. The van der Waals surface area contributed by atoms with Crippen LogP contribution in [0.4, 0.5) is 5.69 Å². The summed E-state index contributed by atoms with van der Waals surface area (Å²) in [4.78, 5) is 12.2. The first kappa shape index (κ1) is 12.6. The number of nitrogens with one attached hydrogen (secondary N) is 1. The molecule has 106 valence electrons. The van der Waals surface area contributed by atoms with Crippen LogP contribution in [0.1, 0.15) is 24.8 Å². The van der Waals surface area contributed by atoms with Crippen LogP contribution in [0.25, 0.3) is 11.1 Å². The third kappa shape index (κ3) is 2.24. The van der Waals surface area contributed by atoms with Gasteiger partial charge in [-0.05, 0) is 42.2 Å². The maximum Gasteiger partial charge on any atom is 0.232 e. The lowest BCUT2D eigenvalue weighted by atomic mass is 9.89. The van der Waals surface area contributed by atoms with Crippen LogP contribution in [0.3, 0.4) is 0 Å². The number of ether oxygens (including phenoxy) is 1. The molecule has 3 heteroatoms. The Hall–Kier alpha value is -2.13. The van der Waals surface area contributed by atoms with Gasteiger partial charge >= 0.3 is 0 Å². The van der Waals surface area contributed by atoms with E-state index in [2.05, 4.69) is 36.5 Å². The minimum absolute atomic E-state index is 0.0898. The van der Waals surface area contributed by atoms with Gasteiger partial charge in [-0.3, -0.25) is 4.79 Å². The standard InChI is InChI=1S/C18H17NO2/c1-18(11-21-18)10-15-14-9-13(12-5-3-2-4-6-12)7-8-16(14)19-17(15)20/h2-9,15H,10-11H2,1H3,(H,19,20). The number of hydrogen-bond acceptors (Lipinski definition) is 2. The van der Waals surface area contributed by atoms with Crippen molar-refractivity contribution >= 4 is 11.6 Å². The molecule has 2 aromatic carbocycles. The summed E-state index contributed by atoms with van der Waals surface area (Å²) in [7, 11) is 0. The summed E-state index contributed by atoms with van der Waals surface area (Å²) in [5.41, 5.74) is 4.24. The molecule has 3 nitrogen and oxygen atoms in total. The second-order valence-corrected chi connectivity index (χ2v) is 6.15. The summed E-state index contributed by atoms with van der Waals surface area (Å²) in [6.07, 6.45) is 0.754. The Bertz CT molecular complexity index is 704. The van der Waals surface area contributed by atoms with Gasteiger partial charge in [0.25, 0.3) is 0 Å². The lowest BCUT2D eigenvalue weighted by Gasteiger charge is -2.12. The summed E-state index contributed by atoms with van der Waals surface area (Å²) in [5, 5.41) is 2.98.